The van der Waals surface area contributed by atoms with Gasteiger partial charge in [0.05, 0.1) is 4.92 Å². The first-order valence-electron chi connectivity index (χ1n) is 6.80. The number of rotatable bonds is 5. The van der Waals surface area contributed by atoms with Gasteiger partial charge in [0.1, 0.15) is 11.4 Å². The smallest absolute Gasteiger partial charge is 0.294 e. The fraction of sp³-hybridized carbons (Fsp3) is 0.188. The molecule has 0 aliphatic carbocycles. The van der Waals surface area contributed by atoms with Gasteiger partial charge in [0.15, 0.2) is 6.61 Å². The first kappa shape index (κ1) is 16.8. The molecule has 0 spiro atoms. The van der Waals surface area contributed by atoms with E-state index in [0.29, 0.717) is 5.75 Å². The topological polar surface area (TPSA) is 81.5 Å². The van der Waals surface area contributed by atoms with Crippen LogP contribution in [0.2, 0.25) is 5.02 Å². The number of amides is 1. The van der Waals surface area contributed by atoms with Gasteiger partial charge in [-0.25, -0.2) is 0 Å². The molecule has 0 atom stereocenters. The van der Waals surface area contributed by atoms with Crippen molar-refractivity contribution < 1.29 is 14.5 Å². The fourth-order valence-electron chi connectivity index (χ4n) is 2.11. The molecule has 0 unspecified atom stereocenters. The standard InChI is InChI=1S/C16H15ClN2O4/c1-10-5-11(2)7-13(6-10)23-9-16(20)18-14-4-3-12(17)8-15(14)19(21)22/h3-8H,9H2,1-2H3,(H,18,20). The normalized spacial score (nSPS) is 10.2. The third-order valence-corrected chi connectivity index (χ3v) is 3.23. The number of halogens is 1. The van der Waals surface area contributed by atoms with Crippen LogP contribution in [0.15, 0.2) is 36.4 Å². The molecule has 0 bridgehead atoms. The molecule has 0 heterocycles. The van der Waals surface area contributed by atoms with Crippen LogP contribution in [0.25, 0.3) is 0 Å². The third-order valence-electron chi connectivity index (χ3n) is 3.00. The van der Waals surface area contributed by atoms with E-state index in [4.69, 9.17) is 16.3 Å². The highest BCUT2D eigenvalue weighted by atomic mass is 35.5. The van der Waals surface area contributed by atoms with Gasteiger partial charge in [-0.3, -0.25) is 14.9 Å². The lowest BCUT2D eigenvalue weighted by molar-refractivity contribution is -0.383. The molecule has 7 heteroatoms. The van der Waals surface area contributed by atoms with Gasteiger partial charge >= 0.3 is 0 Å². The summed E-state index contributed by atoms with van der Waals surface area (Å²) in [6.45, 7) is 3.61. The molecule has 2 aromatic rings. The van der Waals surface area contributed by atoms with E-state index in [1.807, 2.05) is 32.0 Å². The van der Waals surface area contributed by atoms with Gasteiger partial charge < -0.3 is 10.1 Å². The van der Waals surface area contributed by atoms with Crippen LogP contribution in [0.3, 0.4) is 0 Å². The van der Waals surface area contributed by atoms with Crippen molar-refractivity contribution in [3.8, 4) is 5.75 Å². The first-order chi connectivity index (χ1) is 10.8. The molecule has 0 saturated heterocycles. The Kier molecular flexibility index (Phi) is 5.18. The van der Waals surface area contributed by atoms with E-state index in [1.54, 1.807) is 0 Å². The van der Waals surface area contributed by atoms with Gasteiger partial charge in [0.25, 0.3) is 11.6 Å². The Balaban J connectivity index is 2.04. The maximum Gasteiger partial charge on any atom is 0.294 e. The number of nitro groups is 1. The number of hydrogen-bond acceptors (Lipinski definition) is 4. The summed E-state index contributed by atoms with van der Waals surface area (Å²) in [6, 6.07) is 9.64. The number of carbonyl (C=O) groups excluding carboxylic acids is 1. The van der Waals surface area contributed by atoms with Gasteiger partial charge in [-0.15, -0.1) is 0 Å². The summed E-state index contributed by atoms with van der Waals surface area (Å²) < 4.78 is 5.42. The summed E-state index contributed by atoms with van der Waals surface area (Å²) in [6.07, 6.45) is 0. The van der Waals surface area contributed by atoms with E-state index in [-0.39, 0.29) is 23.0 Å². The van der Waals surface area contributed by atoms with Crippen molar-refractivity contribution in [1.82, 2.24) is 0 Å². The zero-order chi connectivity index (χ0) is 17.0. The molecule has 0 aliphatic heterocycles. The molecule has 120 valence electrons. The van der Waals surface area contributed by atoms with E-state index in [9.17, 15) is 14.9 Å². The SMILES string of the molecule is Cc1cc(C)cc(OCC(=O)Nc2ccc(Cl)cc2[N+](=O)[O-])c1. The number of anilines is 1. The molecule has 1 N–H and O–H groups in total. The Morgan fingerprint density at radius 1 is 1.22 bits per heavy atom. The maximum atomic E-state index is 11.9. The van der Waals surface area contributed by atoms with Crippen LogP contribution in [0, 0.1) is 24.0 Å². The predicted octanol–water partition coefficient (Wildman–Crippen LogP) is 3.88. The van der Waals surface area contributed by atoms with E-state index in [2.05, 4.69) is 5.32 Å². The Hall–Kier alpha value is -2.60. The number of hydrogen-bond donors (Lipinski definition) is 1. The highest BCUT2D eigenvalue weighted by Crippen LogP contribution is 2.27. The number of nitro benzene ring substituents is 1. The molecule has 0 saturated carbocycles. The molecular formula is C16H15ClN2O4. The van der Waals surface area contributed by atoms with Gasteiger partial charge in [0.2, 0.25) is 0 Å². The molecular weight excluding hydrogens is 320 g/mol. The molecule has 1 amide bonds. The Morgan fingerprint density at radius 2 is 1.87 bits per heavy atom. The van der Waals surface area contributed by atoms with Crippen molar-refractivity contribution in [3.63, 3.8) is 0 Å². The highest BCUT2D eigenvalue weighted by molar-refractivity contribution is 6.31. The van der Waals surface area contributed by atoms with E-state index in [0.717, 1.165) is 11.1 Å². The summed E-state index contributed by atoms with van der Waals surface area (Å²) >= 11 is 5.73. The van der Waals surface area contributed by atoms with Crippen LogP contribution in [0.1, 0.15) is 11.1 Å². The molecule has 0 radical (unpaired) electrons. The number of carbonyl (C=O) groups is 1. The zero-order valence-electron chi connectivity index (χ0n) is 12.6. The van der Waals surface area contributed by atoms with Crippen LogP contribution < -0.4 is 10.1 Å². The number of nitrogens with zero attached hydrogens (tertiary/aromatic N) is 1. The summed E-state index contributed by atoms with van der Waals surface area (Å²) in [5.41, 5.74) is 1.85. The largest absolute Gasteiger partial charge is 0.484 e. The first-order valence-corrected chi connectivity index (χ1v) is 7.18. The van der Waals surface area contributed by atoms with Gasteiger partial charge in [-0.1, -0.05) is 17.7 Å². The lowest BCUT2D eigenvalue weighted by Gasteiger charge is -2.09. The van der Waals surface area contributed by atoms with Crippen LogP contribution in [-0.4, -0.2) is 17.4 Å². The van der Waals surface area contributed by atoms with Crippen LogP contribution in [-0.2, 0) is 4.79 Å². The molecule has 0 aliphatic rings. The quantitative estimate of drug-likeness (QED) is 0.664. The number of nitrogens with one attached hydrogen (secondary N) is 1. The lowest BCUT2D eigenvalue weighted by atomic mass is 10.1. The Morgan fingerprint density at radius 3 is 2.48 bits per heavy atom. The van der Waals surface area contributed by atoms with Crippen LogP contribution in [0.4, 0.5) is 11.4 Å². The van der Waals surface area contributed by atoms with Gasteiger partial charge in [0, 0.05) is 11.1 Å². The van der Waals surface area contributed by atoms with Crippen molar-refractivity contribution >= 4 is 28.9 Å². The fourth-order valence-corrected chi connectivity index (χ4v) is 2.28. The summed E-state index contributed by atoms with van der Waals surface area (Å²) in [5.74, 6) is 0.0813. The van der Waals surface area contributed by atoms with E-state index < -0.39 is 10.8 Å². The monoisotopic (exact) mass is 334 g/mol. The number of aryl methyl sites for hydroxylation is 2. The maximum absolute atomic E-state index is 11.9. The van der Waals surface area contributed by atoms with Crippen molar-refractivity contribution in [1.29, 1.82) is 0 Å². The predicted molar refractivity (Wildman–Crippen MR) is 88.1 cm³/mol. The molecule has 0 fully saturated rings. The summed E-state index contributed by atoms with van der Waals surface area (Å²) in [5, 5.41) is 13.7. The minimum absolute atomic E-state index is 0.0772. The minimum Gasteiger partial charge on any atom is -0.484 e. The lowest BCUT2D eigenvalue weighted by Crippen LogP contribution is -2.20. The van der Waals surface area contributed by atoms with Crippen molar-refractivity contribution in [2.24, 2.45) is 0 Å². The molecule has 2 aromatic carbocycles. The second kappa shape index (κ2) is 7.11. The minimum atomic E-state index is -0.605. The average Bonchev–Trinajstić information content (AvgIpc) is 2.46. The Bertz CT molecular complexity index is 741. The summed E-state index contributed by atoms with van der Waals surface area (Å²) in [4.78, 5) is 22.3. The molecule has 6 nitrogen and oxygen atoms in total. The van der Waals surface area contributed by atoms with Crippen molar-refractivity contribution in [3.05, 3.63) is 62.7 Å². The number of benzene rings is 2. The van der Waals surface area contributed by atoms with E-state index >= 15 is 0 Å². The number of ether oxygens (including phenoxy) is 1. The van der Waals surface area contributed by atoms with Crippen molar-refractivity contribution in [2.45, 2.75) is 13.8 Å². The molecule has 23 heavy (non-hydrogen) atoms. The van der Waals surface area contributed by atoms with Crippen LogP contribution in [0.5, 0.6) is 5.75 Å². The van der Waals surface area contributed by atoms with E-state index in [1.165, 1.54) is 18.2 Å². The third kappa shape index (κ3) is 4.69. The summed E-state index contributed by atoms with van der Waals surface area (Å²) in [7, 11) is 0. The highest BCUT2D eigenvalue weighted by Gasteiger charge is 2.16. The van der Waals surface area contributed by atoms with Crippen molar-refractivity contribution in [2.75, 3.05) is 11.9 Å². The molecule has 0 aromatic heterocycles. The second-order valence-electron chi connectivity index (χ2n) is 5.08. The zero-order valence-corrected chi connectivity index (χ0v) is 13.4. The Labute approximate surface area is 138 Å². The average molecular weight is 335 g/mol. The van der Waals surface area contributed by atoms with Gasteiger partial charge in [-0.05, 0) is 49.2 Å². The molecule has 2 rings (SSSR count). The second-order valence-corrected chi connectivity index (χ2v) is 5.52. The van der Waals surface area contributed by atoms with Crippen LogP contribution >= 0.6 is 11.6 Å². The van der Waals surface area contributed by atoms with Gasteiger partial charge in [-0.2, -0.15) is 0 Å².